The fourth-order valence-electron chi connectivity index (χ4n) is 1.30. The van der Waals surface area contributed by atoms with Gasteiger partial charge in [0.2, 0.25) is 0 Å². The van der Waals surface area contributed by atoms with Crippen LogP contribution in [0.15, 0.2) is 42.5 Å². The molecule has 0 fully saturated rings. The summed E-state index contributed by atoms with van der Waals surface area (Å²) < 4.78 is 1.18. The molecule has 0 saturated heterocycles. The van der Waals surface area contributed by atoms with Gasteiger partial charge in [-0.3, -0.25) is 0 Å². The van der Waals surface area contributed by atoms with Crippen molar-refractivity contribution in [1.82, 2.24) is 4.98 Å². The number of benzene rings is 1. The molecule has 0 aliphatic carbocycles. The van der Waals surface area contributed by atoms with Crippen molar-refractivity contribution in [3.63, 3.8) is 0 Å². The molecule has 2 aromatic rings. The van der Waals surface area contributed by atoms with Crippen LogP contribution in [0.1, 0.15) is 11.3 Å². The van der Waals surface area contributed by atoms with E-state index >= 15 is 0 Å². The normalized spacial score (nSPS) is 9.40. The van der Waals surface area contributed by atoms with E-state index in [1.165, 1.54) is 33.7 Å². The number of rotatable bonds is 2. The summed E-state index contributed by atoms with van der Waals surface area (Å²) in [6, 6.07) is 17.5. The number of hydrogen-bond acceptors (Lipinski definition) is 1. The molecule has 0 unspecified atom stereocenters. The standard InChI is InChI=1S/C12H9N.Bi.Ir/c1-2-6-11(7-3-1)10-12-8-4-5-9-13-12;;/h1-6,8H,10H2;;/q-1;;. The van der Waals surface area contributed by atoms with Crippen LogP contribution in [0.2, 0.25) is 0 Å². The molecule has 0 bridgehead atoms. The molecule has 0 amide bonds. The van der Waals surface area contributed by atoms with Crippen molar-refractivity contribution in [2.24, 2.45) is 0 Å². The Hall–Kier alpha value is -0.0975. The number of pyridine rings is 1. The van der Waals surface area contributed by atoms with Crippen LogP contribution < -0.4 is 3.40 Å². The van der Waals surface area contributed by atoms with Gasteiger partial charge in [0.25, 0.3) is 0 Å². The van der Waals surface area contributed by atoms with Crippen LogP contribution in [0.25, 0.3) is 0 Å². The summed E-state index contributed by atoms with van der Waals surface area (Å²) in [7, 11) is 0. The average molecular weight is 568 g/mol. The third-order valence-electron chi connectivity index (χ3n) is 1.94. The van der Waals surface area contributed by atoms with Crippen LogP contribution in [-0.2, 0) is 26.5 Å². The molecule has 1 heterocycles. The molecular formula is C12H9BiIrN-. The molecule has 15 heavy (non-hydrogen) atoms. The van der Waals surface area contributed by atoms with E-state index in [-0.39, 0.29) is 20.1 Å². The van der Waals surface area contributed by atoms with Crippen molar-refractivity contribution in [3.05, 3.63) is 59.8 Å². The quantitative estimate of drug-likeness (QED) is 0.393. The molecule has 77 valence electrons. The maximum absolute atomic E-state index is 4.50. The van der Waals surface area contributed by atoms with Gasteiger partial charge in [-0.15, -0.1) is 0 Å². The minimum atomic E-state index is 0. The van der Waals surface area contributed by atoms with Gasteiger partial charge in [0.1, 0.15) is 0 Å². The topological polar surface area (TPSA) is 12.9 Å². The average Bonchev–Trinajstić information content (AvgIpc) is 2.19. The summed E-state index contributed by atoms with van der Waals surface area (Å²) in [4.78, 5) is 4.50. The van der Waals surface area contributed by atoms with Gasteiger partial charge in [-0.1, -0.05) is 0 Å². The molecule has 1 nitrogen and oxygen atoms in total. The molecular weight excluding hydrogens is 559 g/mol. The Morgan fingerprint density at radius 2 is 2.00 bits per heavy atom. The maximum atomic E-state index is 4.50. The Balaban J connectivity index is 0.00000112. The molecule has 2 rings (SSSR count). The smallest absolute Gasteiger partial charge is 0 e. The first-order valence-electron chi connectivity index (χ1n) is 4.45. The van der Waals surface area contributed by atoms with Crippen molar-refractivity contribution in [3.8, 4) is 0 Å². The molecule has 0 N–H and O–H groups in total. The number of nitrogens with zero attached hydrogens (tertiary/aromatic N) is 1. The van der Waals surface area contributed by atoms with Gasteiger partial charge in [0.05, 0.1) is 0 Å². The van der Waals surface area contributed by atoms with Crippen LogP contribution in [-0.4, -0.2) is 29.7 Å². The molecule has 1 aromatic heterocycles. The van der Waals surface area contributed by atoms with Gasteiger partial charge < -0.3 is 0 Å². The summed E-state index contributed by atoms with van der Waals surface area (Å²) in [6.07, 6.45) is 0.881. The van der Waals surface area contributed by atoms with Gasteiger partial charge in [-0.2, -0.15) is 0 Å². The molecule has 0 spiro atoms. The van der Waals surface area contributed by atoms with E-state index in [4.69, 9.17) is 0 Å². The molecule has 3 radical (unpaired) electrons. The van der Waals surface area contributed by atoms with Crippen molar-refractivity contribution in [1.29, 1.82) is 0 Å². The zero-order valence-electron chi connectivity index (χ0n) is 7.98. The summed E-state index contributed by atoms with van der Waals surface area (Å²) in [5.41, 5.74) is 2.33. The summed E-state index contributed by atoms with van der Waals surface area (Å²) in [5, 5.41) is 0. The van der Waals surface area contributed by atoms with Crippen molar-refractivity contribution >= 4 is 28.1 Å². The second-order valence-electron chi connectivity index (χ2n) is 3.05. The number of hydrogen-bond donors (Lipinski definition) is 0. The summed E-state index contributed by atoms with van der Waals surface area (Å²) >= 11 is 1.22. The van der Waals surface area contributed by atoms with Gasteiger partial charge in [0.15, 0.2) is 0 Å². The predicted octanol–water partition coefficient (Wildman–Crippen LogP) is 1.26. The van der Waals surface area contributed by atoms with Crippen LogP contribution >= 0.6 is 0 Å². The molecule has 0 aliphatic rings. The van der Waals surface area contributed by atoms with Crippen LogP contribution in [0, 0.1) is 6.07 Å². The van der Waals surface area contributed by atoms with E-state index in [0.717, 1.165) is 12.1 Å². The van der Waals surface area contributed by atoms with Gasteiger partial charge in [-0.25, -0.2) is 0 Å². The maximum Gasteiger partial charge on any atom is 0 e. The molecule has 3 heteroatoms. The fraction of sp³-hybridized carbons (Fsp3) is 0.0833. The van der Waals surface area contributed by atoms with E-state index in [0.29, 0.717) is 0 Å². The summed E-state index contributed by atoms with van der Waals surface area (Å²) in [5.74, 6) is 0. The third-order valence-corrected chi connectivity index (χ3v) is 2.91. The van der Waals surface area contributed by atoms with E-state index < -0.39 is 0 Å². The fourth-order valence-corrected chi connectivity index (χ4v) is 2.13. The van der Waals surface area contributed by atoms with E-state index in [1.807, 2.05) is 18.2 Å². The monoisotopic (exact) mass is 569 g/mol. The number of aromatic nitrogens is 1. The first-order valence-corrected chi connectivity index (χ1v) is 6.19. The molecule has 0 atom stereocenters. The third kappa shape index (κ3) is 4.11. The van der Waals surface area contributed by atoms with Gasteiger partial charge >= 0.3 is 99.3 Å². The first-order chi connectivity index (χ1) is 6.84. The van der Waals surface area contributed by atoms with Crippen LogP contribution in [0.4, 0.5) is 0 Å². The predicted molar refractivity (Wildman–Crippen MR) is 57.7 cm³/mol. The van der Waals surface area contributed by atoms with E-state index in [1.54, 1.807) is 0 Å². The minimum absolute atomic E-state index is 0. The van der Waals surface area contributed by atoms with Gasteiger partial charge in [0, 0.05) is 20.1 Å². The minimum Gasteiger partial charge on any atom is 0 e. The van der Waals surface area contributed by atoms with Crippen molar-refractivity contribution in [2.45, 2.75) is 6.42 Å². The van der Waals surface area contributed by atoms with E-state index in [9.17, 15) is 0 Å². The van der Waals surface area contributed by atoms with Crippen LogP contribution in [0.3, 0.4) is 0 Å². The Kier molecular flexibility index (Phi) is 5.60. The second kappa shape index (κ2) is 6.48. The molecule has 1 aromatic carbocycles. The largest absolute Gasteiger partial charge is 0 e. The molecule has 0 saturated carbocycles. The summed E-state index contributed by atoms with van der Waals surface area (Å²) in [6.45, 7) is 0. The second-order valence-corrected chi connectivity index (χ2v) is 4.83. The van der Waals surface area contributed by atoms with Crippen LogP contribution in [0.5, 0.6) is 0 Å². The van der Waals surface area contributed by atoms with Crippen molar-refractivity contribution in [2.75, 3.05) is 0 Å². The Morgan fingerprint density at radius 1 is 1.13 bits per heavy atom. The van der Waals surface area contributed by atoms with Gasteiger partial charge in [-0.05, 0) is 0 Å². The Morgan fingerprint density at radius 3 is 2.67 bits per heavy atom. The zero-order valence-corrected chi connectivity index (χ0v) is 13.8. The molecule has 0 aliphatic heterocycles. The first kappa shape index (κ1) is 13.0. The zero-order chi connectivity index (χ0) is 9.80. The van der Waals surface area contributed by atoms with Crippen molar-refractivity contribution < 1.29 is 20.1 Å². The SMILES string of the molecule is [Bi][c]1cccc(Cc2[c-]cccc2)n1.[Ir]. The Labute approximate surface area is 119 Å². The van der Waals surface area contributed by atoms with E-state index in [2.05, 4.69) is 35.3 Å². The Bertz CT molecular complexity index is 417.